The van der Waals surface area contributed by atoms with Gasteiger partial charge in [0, 0.05) is 36.3 Å². The summed E-state index contributed by atoms with van der Waals surface area (Å²) in [5, 5.41) is 39.8. The number of primary amides is 1. The highest BCUT2D eigenvalue weighted by atomic mass is 32.2. The number of thioether (sulfide) groups is 1. The Morgan fingerprint density at radius 3 is 2.12 bits per heavy atom. The van der Waals surface area contributed by atoms with Crippen molar-refractivity contribution in [1.29, 1.82) is 0 Å². The van der Waals surface area contributed by atoms with Crippen molar-refractivity contribution in [3.05, 3.63) is 0 Å². The first-order valence-corrected chi connectivity index (χ1v) is 21.6. The zero-order valence-electron chi connectivity index (χ0n) is 34.5. The van der Waals surface area contributed by atoms with E-state index < -0.39 is 85.1 Å². The molecule has 2 aliphatic rings. The van der Waals surface area contributed by atoms with Crippen LogP contribution in [-0.2, 0) is 38.4 Å². The summed E-state index contributed by atoms with van der Waals surface area (Å²) in [4.78, 5) is 112. The average Bonchev–Trinajstić information content (AvgIpc) is 3.76. The quantitative estimate of drug-likeness (QED) is 0.0147. The fraction of sp³-hybridized carbons (Fsp3) is 0.757. The van der Waals surface area contributed by atoms with Crippen molar-refractivity contribution in [3.8, 4) is 0 Å². The van der Waals surface area contributed by atoms with Crippen LogP contribution >= 0.6 is 11.8 Å². The van der Waals surface area contributed by atoms with Crippen LogP contribution in [0.1, 0.15) is 90.9 Å². The number of rotatable bonds is 30. The number of hydrogen-bond donors (Lipinski definition) is 13. The Morgan fingerprint density at radius 1 is 0.767 bits per heavy atom. The van der Waals surface area contributed by atoms with Crippen LogP contribution in [0.5, 0.6) is 0 Å². The Hall–Kier alpha value is -4.74. The molecule has 0 aromatic heterocycles. The maximum atomic E-state index is 13.1. The minimum absolute atomic E-state index is 0.0216. The topological polar surface area (TPSA) is 354 Å². The molecule has 340 valence electrons. The number of hydrogen-bond acceptors (Lipinski definition) is 13. The van der Waals surface area contributed by atoms with Crippen molar-refractivity contribution in [3.63, 3.8) is 0 Å². The molecule has 2 rings (SSSR count). The summed E-state index contributed by atoms with van der Waals surface area (Å²) in [6, 6.07) is -3.53. The lowest BCUT2D eigenvalue weighted by Crippen LogP contribution is -2.56. The van der Waals surface area contributed by atoms with Gasteiger partial charge in [0.05, 0.1) is 31.8 Å². The number of carbonyl (C=O) groups is 9. The van der Waals surface area contributed by atoms with Gasteiger partial charge < -0.3 is 59.1 Å². The van der Waals surface area contributed by atoms with E-state index in [0.29, 0.717) is 50.4 Å². The molecule has 0 spiro atoms. The van der Waals surface area contributed by atoms with Crippen LogP contribution in [0.2, 0.25) is 0 Å². The number of urea groups is 1. The largest absolute Gasteiger partial charge is 0.394 e. The average molecular weight is 872 g/mol. The van der Waals surface area contributed by atoms with Crippen molar-refractivity contribution in [2.75, 3.05) is 38.5 Å². The Labute approximate surface area is 354 Å². The van der Waals surface area contributed by atoms with E-state index >= 15 is 0 Å². The molecule has 0 bridgehead atoms. The molecular weight excluding hydrogens is 807 g/mol. The molecule has 0 aromatic rings. The van der Waals surface area contributed by atoms with Crippen molar-refractivity contribution >= 4 is 65.1 Å². The number of aliphatic hydroxyl groups is 1. The molecule has 2 saturated heterocycles. The van der Waals surface area contributed by atoms with Gasteiger partial charge in [0.15, 0.2) is 0 Å². The second-order valence-corrected chi connectivity index (χ2v) is 16.7. The molecule has 10 amide bonds. The van der Waals surface area contributed by atoms with Crippen molar-refractivity contribution < 1.29 is 53.5 Å². The molecule has 60 heavy (non-hydrogen) atoms. The fourth-order valence-electron chi connectivity index (χ4n) is 6.77. The molecular formula is C37H65N11O11S. The predicted octanol–water partition coefficient (Wildman–Crippen LogP) is -3.15. The predicted molar refractivity (Wildman–Crippen MR) is 219 cm³/mol. The van der Waals surface area contributed by atoms with E-state index in [-0.39, 0.29) is 55.6 Å². The van der Waals surface area contributed by atoms with Crippen LogP contribution in [-0.4, -0.2) is 138 Å². The SMILES string of the molecule is CC(C)CC(CC(=O)NO)C(=O)N[C@@H](CO)C(=O)N[C@@H](CCCCN)C(=O)NCC(=O)NCC(=O)N[C@@H](CCCCNC(=O)CCCC[C@@H]1SC[C@@H]2NC(=O)N[C@@H]21)C(N)=O. The zero-order valence-corrected chi connectivity index (χ0v) is 35.3. The van der Waals surface area contributed by atoms with Crippen LogP contribution in [0, 0.1) is 11.8 Å². The first kappa shape index (κ1) is 51.4. The summed E-state index contributed by atoms with van der Waals surface area (Å²) >= 11 is 1.83. The standard InChI is InChI=1S/C37H65N11O11S/c1-21(2)15-22(16-29(51)48-59)34(55)45-25(19-49)36(57)44-24(10-5-7-13-38)35(56)42-17-30(52)41-18-31(53)43-23(33(39)54)9-6-8-14-40-28(50)12-4-3-11-27-32-26(20-60-27)46-37(58)47-32/h21-27,32,49,59H,3-20,38H2,1-2H3,(H2,39,54)(H,40,50)(H,41,52)(H,42,56)(H,43,53)(H,44,57)(H,45,55)(H,48,51)(H2,46,47,58)/t22?,23-,24-,25-,26-,27-,32-/m0/s1. The first-order valence-electron chi connectivity index (χ1n) is 20.5. The highest BCUT2D eigenvalue weighted by Crippen LogP contribution is 2.33. The molecule has 0 aromatic carbocycles. The molecule has 2 fully saturated rings. The molecule has 2 aliphatic heterocycles. The summed E-state index contributed by atoms with van der Waals surface area (Å²) < 4.78 is 0. The lowest BCUT2D eigenvalue weighted by Gasteiger charge is -2.24. The third-order valence-corrected chi connectivity index (χ3v) is 11.5. The summed E-state index contributed by atoms with van der Waals surface area (Å²) in [5.74, 6) is -5.57. The van der Waals surface area contributed by atoms with E-state index in [4.69, 9.17) is 16.7 Å². The molecule has 7 atom stereocenters. The fourth-order valence-corrected chi connectivity index (χ4v) is 8.31. The van der Waals surface area contributed by atoms with Crippen LogP contribution in [0.3, 0.4) is 0 Å². The molecule has 23 heteroatoms. The maximum Gasteiger partial charge on any atom is 0.315 e. The summed E-state index contributed by atoms with van der Waals surface area (Å²) in [6.45, 7) is 2.36. The van der Waals surface area contributed by atoms with Crippen LogP contribution < -0.4 is 59.5 Å². The second kappa shape index (κ2) is 27.9. The van der Waals surface area contributed by atoms with E-state index in [2.05, 4.69) is 42.5 Å². The van der Waals surface area contributed by atoms with E-state index in [1.807, 2.05) is 25.6 Å². The Kier molecular flexibility index (Phi) is 23.9. The lowest BCUT2D eigenvalue weighted by atomic mass is 9.92. The van der Waals surface area contributed by atoms with Crippen molar-refractivity contribution in [1.82, 2.24) is 48.0 Å². The maximum absolute atomic E-state index is 13.1. The van der Waals surface area contributed by atoms with Gasteiger partial charge in [0.2, 0.25) is 47.3 Å². The van der Waals surface area contributed by atoms with Gasteiger partial charge >= 0.3 is 6.03 Å². The number of carbonyl (C=O) groups excluding carboxylic acids is 9. The minimum Gasteiger partial charge on any atom is -0.394 e. The molecule has 22 nitrogen and oxygen atoms in total. The van der Waals surface area contributed by atoms with Crippen LogP contribution in [0.25, 0.3) is 0 Å². The van der Waals surface area contributed by atoms with Gasteiger partial charge in [-0.1, -0.05) is 20.3 Å². The highest BCUT2D eigenvalue weighted by molar-refractivity contribution is 8.00. The van der Waals surface area contributed by atoms with Crippen molar-refractivity contribution in [2.24, 2.45) is 23.3 Å². The number of fused-ring (bicyclic) bond motifs is 1. The lowest BCUT2D eigenvalue weighted by molar-refractivity contribution is -0.137. The van der Waals surface area contributed by atoms with Gasteiger partial charge in [-0.2, -0.15) is 11.8 Å². The van der Waals surface area contributed by atoms with E-state index in [1.165, 1.54) is 5.48 Å². The molecule has 2 heterocycles. The molecule has 0 aliphatic carbocycles. The van der Waals surface area contributed by atoms with E-state index in [1.54, 1.807) is 0 Å². The monoisotopic (exact) mass is 871 g/mol. The van der Waals surface area contributed by atoms with E-state index in [9.17, 15) is 48.3 Å². The third-order valence-electron chi connectivity index (χ3n) is 9.95. The number of amides is 10. The van der Waals surface area contributed by atoms with Gasteiger partial charge in [-0.3, -0.25) is 43.6 Å². The number of unbranched alkanes of at least 4 members (excludes halogenated alkanes) is 3. The summed E-state index contributed by atoms with van der Waals surface area (Å²) in [7, 11) is 0. The van der Waals surface area contributed by atoms with Crippen LogP contribution in [0.4, 0.5) is 4.79 Å². The molecule has 0 radical (unpaired) electrons. The van der Waals surface area contributed by atoms with Gasteiger partial charge in [-0.15, -0.1) is 0 Å². The van der Waals surface area contributed by atoms with Gasteiger partial charge in [0.1, 0.15) is 18.1 Å². The minimum atomic E-state index is -1.49. The Bertz CT molecular complexity index is 1470. The first-order chi connectivity index (χ1) is 28.6. The smallest absolute Gasteiger partial charge is 0.315 e. The summed E-state index contributed by atoms with van der Waals surface area (Å²) in [6.07, 6.45) is 4.95. The molecule has 1 unspecified atom stereocenters. The summed E-state index contributed by atoms with van der Waals surface area (Å²) in [5.41, 5.74) is 12.5. The number of aliphatic hydroxyl groups excluding tert-OH is 1. The second-order valence-electron chi connectivity index (χ2n) is 15.4. The molecule has 15 N–H and O–H groups in total. The molecule has 0 saturated carbocycles. The number of hydroxylamine groups is 1. The third kappa shape index (κ3) is 19.5. The van der Waals surface area contributed by atoms with Crippen LogP contribution in [0.15, 0.2) is 0 Å². The highest BCUT2D eigenvalue weighted by Gasteiger charge is 2.42. The van der Waals surface area contributed by atoms with Crippen molar-refractivity contribution in [2.45, 2.75) is 126 Å². The number of nitrogens with one attached hydrogen (secondary N) is 9. The van der Waals surface area contributed by atoms with E-state index in [0.717, 1.165) is 25.0 Å². The Balaban J connectivity index is 1.72. The van der Waals surface area contributed by atoms with Gasteiger partial charge in [0.25, 0.3) is 0 Å². The van der Waals surface area contributed by atoms with Gasteiger partial charge in [-0.25, -0.2) is 10.3 Å². The Morgan fingerprint density at radius 2 is 1.45 bits per heavy atom. The number of nitrogens with two attached hydrogens (primary N) is 2. The zero-order chi connectivity index (χ0) is 44.6. The van der Waals surface area contributed by atoms with Gasteiger partial charge in [-0.05, 0) is 70.3 Å². The normalized spacial score (nSPS) is 18.7.